The van der Waals surface area contributed by atoms with Crippen molar-refractivity contribution in [1.29, 1.82) is 0 Å². The molecule has 2 atom stereocenters. The third kappa shape index (κ3) is 2.97. The molecule has 0 radical (unpaired) electrons. The lowest BCUT2D eigenvalue weighted by Gasteiger charge is -2.05. The summed E-state index contributed by atoms with van der Waals surface area (Å²) >= 11 is 0. The number of nitrogens with zero attached hydrogens (tertiary/aromatic N) is 1. The van der Waals surface area contributed by atoms with E-state index in [2.05, 4.69) is 46.4 Å². The summed E-state index contributed by atoms with van der Waals surface area (Å²) in [5.41, 5.74) is 2.95. The summed E-state index contributed by atoms with van der Waals surface area (Å²) in [5.74, 6) is 0.731. The van der Waals surface area contributed by atoms with E-state index in [0.717, 1.165) is 6.42 Å². The van der Waals surface area contributed by atoms with Gasteiger partial charge in [0.15, 0.2) is 11.5 Å². The summed E-state index contributed by atoms with van der Waals surface area (Å²) < 4.78 is 9.71. The number of nitrogens with one attached hydrogen (secondary N) is 1. The second-order valence-corrected chi connectivity index (χ2v) is 5.36. The number of esters is 1. The Morgan fingerprint density at radius 1 is 1.48 bits per heavy atom. The highest BCUT2D eigenvalue weighted by Gasteiger charge is 2.38. The Morgan fingerprint density at radius 3 is 3.05 bits per heavy atom. The lowest BCUT2D eigenvalue weighted by atomic mass is 10.0. The van der Waals surface area contributed by atoms with Gasteiger partial charge in [0.25, 0.3) is 0 Å². The van der Waals surface area contributed by atoms with Crippen LogP contribution in [0.1, 0.15) is 39.7 Å². The third-order valence-corrected chi connectivity index (χ3v) is 3.87. The Morgan fingerprint density at radius 2 is 2.29 bits per heavy atom. The van der Waals surface area contributed by atoms with E-state index < -0.39 is 5.97 Å². The monoisotopic (exact) mass is 286 g/mol. The van der Waals surface area contributed by atoms with Gasteiger partial charge < -0.3 is 14.6 Å². The van der Waals surface area contributed by atoms with Gasteiger partial charge in [-0.05, 0) is 24.5 Å². The molecule has 1 aromatic heterocycles. The SMILES string of the molecule is COC(=O)c1cc(CN[C@@H]2C[C@H]2c2ccccc2C)on1. The van der Waals surface area contributed by atoms with Crippen LogP contribution in [0.3, 0.4) is 0 Å². The molecule has 1 heterocycles. The lowest BCUT2D eigenvalue weighted by molar-refractivity contribution is 0.0589. The number of benzene rings is 1. The third-order valence-electron chi connectivity index (χ3n) is 3.87. The molecule has 0 unspecified atom stereocenters. The van der Waals surface area contributed by atoms with Gasteiger partial charge in [-0.2, -0.15) is 0 Å². The highest BCUT2D eigenvalue weighted by molar-refractivity contribution is 5.86. The second-order valence-electron chi connectivity index (χ2n) is 5.36. The van der Waals surface area contributed by atoms with Crippen molar-refractivity contribution in [2.24, 2.45) is 0 Å². The molecule has 0 bridgehead atoms. The first-order chi connectivity index (χ1) is 10.2. The van der Waals surface area contributed by atoms with Crippen molar-refractivity contribution < 1.29 is 14.1 Å². The molecule has 1 aliphatic carbocycles. The van der Waals surface area contributed by atoms with Gasteiger partial charge in [0, 0.05) is 18.0 Å². The predicted molar refractivity (Wildman–Crippen MR) is 77.0 cm³/mol. The molecule has 5 heteroatoms. The van der Waals surface area contributed by atoms with E-state index in [1.807, 2.05) is 0 Å². The molecule has 5 nitrogen and oxygen atoms in total. The van der Waals surface area contributed by atoms with Crippen molar-refractivity contribution in [2.45, 2.75) is 31.8 Å². The average molecular weight is 286 g/mol. The maximum atomic E-state index is 11.3. The van der Waals surface area contributed by atoms with Gasteiger partial charge in [0.1, 0.15) is 0 Å². The Labute approximate surface area is 123 Å². The number of rotatable bonds is 5. The minimum absolute atomic E-state index is 0.209. The first-order valence-corrected chi connectivity index (χ1v) is 7.02. The van der Waals surface area contributed by atoms with Gasteiger partial charge in [-0.25, -0.2) is 4.79 Å². The zero-order valence-corrected chi connectivity index (χ0v) is 12.1. The smallest absolute Gasteiger partial charge is 0.360 e. The molecular weight excluding hydrogens is 268 g/mol. The Hall–Kier alpha value is -2.14. The number of ether oxygens (including phenoxy) is 1. The van der Waals surface area contributed by atoms with Crippen molar-refractivity contribution in [3.05, 3.63) is 52.9 Å². The van der Waals surface area contributed by atoms with Crippen LogP contribution in [-0.4, -0.2) is 24.3 Å². The van der Waals surface area contributed by atoms with Gasteiger partial charge in [-0.3, -0.25) is 0 Å². The van der Waals surface area contributed by atoms with Crippen molar-refractivity contribution in [2.75, 3.05) is 7.11 Å². The molecule has 110 valence electrons. The number of hydrogen-bond donors (Lipinski definition) is 1. The number of aromatic nitrogens is 1. The molecule has 1 fully saturated rings. The van der Waals surface area contributed by atoms with E-state index in [1.54, 1.807) is 6.07 Å². The molecule has 1 aromatic carbocycles. The van der Waals surface area contributed by atoms with E-state index in [-0.39, 0.29) is 5.69 Å². The fourth-order valence-electron chi connectivity index (χ4n) is 2.60. The topological polar surface area (TPSA) is 64.4 Å². The molecule has 1 saturated carbocycles. The van der Waals surface area contributed by atoms with E-state index in [1.165, 1.54) is 18.2 Å². The summed E-state index contributed by atoms with van der Waals surface area (Å²) in [6.45, 7) is 2.71. The Bertz CT molecular complexity index is 650. The fourth-order valence-corrected chi connectivity index (χ4v) is 2.60. The van der Waals surface area contributed by atoms with Crippen molar-refractivity contribution in [1.82, 2.24) is 10.5 Å². The minimum Gasteiger partial charge on any atom is -0.464 e. The molecule has 0 spiro atoms. The zero-order valence-electron chi connectivity index (χ0n) is 12.1. The van der Waals surface area contributed by atoms with Crippen molar-refractivity contribution >= 4 is 5.97 Å². The van der Waals surface area contributed by atoms with Gasteiger partial charge in [0.2, 0.25) is 0 Å². The van der Waals surface area contributed by atoms with Crippen molar-refractivity contribution in [3.63, 3.8) is 0 Å². The summed E-state index contributed by atoms with van der Waals surface area (Å²) in [5, 5.41) is 7.12. The summed E-state index contributed by atoms with van der Waals surface area (Å²) in [6.07, 6.45) is 1.13. The number of aryl methyl sites for hydroxylation is 1. The van der Waals surface area contributed by atoms with Crippen molar-refractivity contribution in [3.8, 4) is 0 Å². The van der Waals surface area contributed by atoms with Gasteiger partial charge in [0.05, 0.1) is 13.7 Å². The molecule has 1 aliphatic rings. The predicted octanol–water partition coefficient (Wildman–Crippen LogP) is 2.42. The average Bonchev–Trinajstić information content (AvgIpc) is 3.11. The summed E-state index contributed by atoms with van der Waals surface area (Å²) in [4.78, 5) is 11.3. The zero-order chi connectivity index (χ0) is 14.8. The molecule has 2 aromatic rings. The normalized spacial score (nSPS) is 20.3. The molecular formula is C16H18N2O3. The Kier molecular flexibility index (Phi) is 3.75. The fraction of sp³-hybridized carbons (Fsp3) is 0.375. The maximum Gasteiger partial charge on any atom is 0.360 e. The Balaban J connectivity index is 1.55. The van der Waals surface area contributed by atoms with Crippen LogP contribution in [0.25, 0.3) is 0 Å². The van der Waals surface area contributed by atoms with E-state index in [9.17, 15) is 4.79 Å². The van der Waals surface area contributed by atoms with Crippen LogP contribution in [0.2, 0.25) is 0 Å². The summed E-state index contributed by atoms with van der Waals surface area (Å²) in [6, 6.07) is 10.5. The van der Waals surface area contributed by atoms with Crippen LogP contribution >= 0.6 is 0 Å². The first-order valence-electron chi connectivity index (χ1n) is 7.02. The molecule has 0 saturated heterocycles. The highest BCUT2D eigenvalue weighted by atomic mass is 16.5. The molecule has 1 N–H and O–H groups in total. The lowest BCUT2D eigenvalue weighted by Crippen LogP contribution is -2.17. The van der Waals surface area contributed by atoms with Gasteiger partial charge in [-0.1, -0.05) is 29.4 Å². The number of carbonyl (C=O) groups is 1. The van der Waals surface area contributed by atoms with Gasteiger partial charge >= 0.3 is 5.97 Å². The van der Waals surface area contributed by atoms with Gasteiger partial charge in [-0.15, -0.1) is 0 Å². The second kappa shape index (κ2) is 5.69. The van der Waals surface area contributed by atoms with E-state index in [4.69, 9.17) is 4.52 Å². The first kappa shape index (κ1) is 13.8. The van der Waals surface area contributed by atoms with E-state index in [0.29, 0.717) is 24.3 Å². The molecule has 3 rings (SSSR count). The number of carbonyl (C=O) groups excluding carboxylic acids is 1. The number of methoxy groups -OCH3 is 1. The maximum absolute atomic E-state index is 11.3. The standard InChI is InChI=1S/C16H18N2O3/c1-10-5-3-4-6-12(10)13-8-14(13)17-9-11-7-15(18-21-11)16(19)20-2/h3-7,13-14,17H,8-9H2,1-2H3/t13-,14+/m0/s1. The van der Waals surface area contributed by atoms with Crippen LogP contribution in [0.4, 0.5) is 0 Å². The van der Waals surface area contributed by atoms with Crippen LogP contribution in [-0.2, 0) is 11.3 Å². The van der Waals surface area contributed by atoms with Crippen LogP contribution < -0.4 is 5.32 Å². The largest absolute Gasteiger partial charge is 0.464 e. The van der Waals surface area contributed by atoms with Crippen LogP contribution in [0.15, 0.2) is 34.9 Å². The molecule has 0 amide bonds. The quantitative estimate of drug-likeness (QED) is 0.855. The van der Waals surface area contributed by atoms with Crippen LogP contribution in [0, 0.1) is 6.92 Å². The van der Waals surface area contributed by atoms with E-state index >= 15 is 0 Å². The number of hydrogen-bond acceptors (Lipinski definition) is 5. The van der Waals surface area contributed by atoms with Crippen LogP contribution in [0.5, 0.6) is 0 Å². The highest BCUT2D eigenvalue weighted by Crippen LogP contribution is 2.42. The summed E-state index contributed by atoms with van der Waals surface area (Å²) in [7, 11) is 1.33. The molecule has 21 heavy (non-hydrogen) atoms. The minimum atomic E-state index is -0.478. The molecule has 0 aliphatic heterocycles.